The van der Waals surface area contributed by atoms with Gasteiger partial charge in [0.25, 0.3) is 0 Å². The van der Waals surface area contributed by atoms with Crippen LogP contribution in [0.25, 0.3) is 0 Å². The van der Waals surface area contributed by atoms with Gasteiger partial charge in [-0.2, -0.15) is 0 Å². The first-order valence-corrected chi connectivity index (χ1v) is 7.74. The molecule has 122 valence electrons. The third kappa shape index (κ3) is 2.59. The van der Waals surface area contributed by atoms with Gasteiger partial charge in [0.2, 0.25) is 0 Å². The zero-order valence-corrected chi connectivity index (χ0v) is 13.3. The second kappa shape index (κ2) is 4.70. The summed E-state index contributed by atoms with van der Waals surface area (Å²) in [6, 6.07) is 0. The Morgan fingerprint density at radius 1 is 0.682 bits per heavy atom. The van der Waals surface area contributed by atoms with Gasteiger partial charge < -0.3 is 14.2 Å². The van der Waals surface area contributed by atoms with Gasteiger partial charge in [-0.25, -0.2) is 0 Å². The smallest absolute Gasteiger partial charge is 0.303 e. The van der Waals surface area contributed by atoms with Gasteiger partial charge in [-0.05, 0) is 25.2 Å². The lowest BCUT2D eigenvalue weighted by molar-refractivity contribution is -0.271. The number of ether oxygens (including phenoxy) is 3. The van der Waals surface area contributed by atoms with Crippen molar-refractivity contribution < 1.29 is 28.6 Å². The summed E-state index contributed by atoms with van der Waals surface area (Å²) < 4.78 is 16.9. The van der Waals surface area contributed by atoms with Gasteiger partial charge in [0, 0.05) is 40.0 Å². The molecule has 4 saturated carbocycles. The number of hydrogen-bond acceptors (Lipinski definition) is 6. The Bertz CT molecular complexity index is 455. The molecule has 4 aliphatic carbocycles. The van der Waals surface area contributed by atoms with E-state index in [1.165, 1.54) is 20.8 Å². The van der Waals surface area contributed by atoms with Crippen LogP contribution in [-0.4, -0.2) is 34.7 Å². The fourth-order valence-electron chi connectivity index (χ4n) is 5.43. The van der Waals surface area contributed by atoms with E-state index in [1.54, 1.807) is 0 Å². The summed E-state index contributed by atoms with van der Waals surface area (Å²) >= 11 is 0. The van der Waals surface area contributed by atoms with Crippen LogP contribution >= 0.6 is 0 Å². The molecular weight excluding hydrogens is 288 g/mol. The number of carbonyl (C=O) groups is 3. The van der Waals surface area contributed by atoms with Crippen LogP contribution in [0, 0.1) is 5.92 Å². The second-order valence-corrected chi connectivity index (χ2v) is 7.34. The van der Waals surface area contributed by atoms with Crippen molar-refractivity contribution in [2.75, 3.05) is 0 Å². The molecule has 0 N–H and O–H groups in total. The Kier molecular flexibility index (Phi) is 3.27. The summed E-state index contributed by atoms with van der Waals surface area (Å²) in [5.41, 5.74) is -2.05. The molecule has 0 aromatic carbocycles. The molecule has 0 amide bonds. The standard InChI is InChI=1S/C16H22O6/c1-10(17)20-14-4-13-5-15(7-14,21-11(2)18)9-16(6-13,8-14)22-12(3)19/h13H,4-9H2,1-3H3. The minimum absolute atomic E-state index is 0.231. The topological polar surface area (TPSA) is 78.9 Å². The molecule has 4 aliphatic rings. The summed E-state index contributed by atoms with van der Waals surface area (Å²) in [6.45, 7) is 4.15. The summed E-state index contributed by atoms with van der Waals surface area (Å²) in [5, 5.41) is 0. The maximum Gasteiger partial charge on any atom is 0.303 e. The first kappa shape index (κ1) is 15.3. The van der Waals surface area contributed by atoms with E-state index in [-0.39, 0.29) is 23.8 Å². The summed E-state index contributed by atoms with van der Waals surface area (Å²) in [5.74, 6) is -0.817. The van der Waals surface area contributed by atoms with Gasteiger partial charge in [0.05, 0.1) is 0 Å². The van der Waals surface area contributed by atoms with Crippen molar-refractivity contribution >= 4 is 17.9 Å². The lowest BCUT2D eigenvalue weighted by Gasteiger charge is -2.63. The Morgan fingerprint density at radius 2 is 0.955 bits per heavy atom. The van der Waals surface area contributed by atoms with Crippen molar-refractivity contribution in [1.82, 2.24) is 0 Å². The van der Waals surface area contributed by atoms with E-state index in [0.717, 1.165) is 19.3 Å². The highest BCUT2D eigenvalue weighted by atomic mass is 16.6. The monoisotopic (exact) mass is 310 g/mol. The third-order valence-electron chi connectivity index (χ3n) is 5.00. The normalized spacial score (nSPS) is 41.9. The van der Waals surface area contributed by atoms with Crippen LogP contribution in [0.15, 0.2) is 0 Å². The van der Waals surface area contributed by atoms with E-state index >= 15 is 0 Å². The lowest BCUT2D eigenvalue weighted by atomic mass is 9.50. The Hall–Kier alpha value is -1.59. The van der Waals surface area contributed by atoms with Gasteiger partial charge in [-0.1, -0.05) is 0 Å². The molecule has 0 aromatic rings. The van der Waals surface area contributed by atoms with Crippen LogP contribution in [-0.2, 0) is 28.6 Å². The van der Waals surface area contributed by atoms with E-state index in [1.807, 2.05) is 0 Å². The molecule has 4 rings (SSSR count). The van der Waals surface area contributed by atoms with E-state index in [2.05, 4.69) is 0 Å². The van der Waals surface area contributed by atoms with Gasteiger partial charge >= 0.3 is 17.9 Å². The van der Waals surface area contributed by atoms with Crippen LogP contribution in [0.1, 0.15) is 59.3 Å². The zero-order chi connectivity index (χ0) is 16.2. The Morgan fingerprint density at radius 3 is 1.18 bits per heavy atom. The molecule has 0 atom stereocenters. The number of hydrogen-bond donors (Lipinski definition) is 0. The molecule has 22 heavy (non-hydrogen) atoms. The van der Waals surface area contributed by atoms with Crippen molar-refractivity contribution in [3.63, 3.8) is 0 Å². The van der Waals surface area contributed by atoms with Crippen LogP contribution in [0.2, 0.25) is 0 Å². The Balaban J connectivity index is 1.97. The SMILES string of the molecule is CC(=O)OC12CC3CC(OC(C)=O)(C1)CC(OC(C)=O)(C3)C2. The fourth-order valence-corrected chi connectivity index (χ4v) is 5.43. The summed E-state index contributed by atoms with van der Waals surface area (Å²) in [4.78, 5) is 34.6. The molecule has 4 fully saturated rings. The Labute approximate surface area is 129 Å². The van der Waals surface area contributed by atoms with E-state index in [9.17, 15) is 14.4 Å². The first-order chi connectivity index (χ1) is 10.2. The average molecular weight is 310 g/mol. The fraction of sp³-hybridized carbons (Fsp3) is 0.812. The predicted octanol–water partition coefficient (Wildman–Crippen LogP) is 1.89. The summed E-state index contributed by atoms with van der Waals surface area (Å²) in [7, 11) is 0. The highest BCUT2D eigenvalue weighted by molar-refractivity contribution is 5.68. The van der Waals surface area contributed by atoms with Crippen molar-refractivity contribution in [1.29, 1.82) is 0 Å². The molecule has 6 heteroatoms. The van der Waals surface area contributed by atoms with Crippen molar-refractivity contribution in [2.24, 2.45) is 5.92 Å². The molecule has 6 nitrogen and oxygen atoms in total. The molecule has 0 saturated heterocycles. The van der Waals surface area contributed by atoms with E-state index in [0.29, 0.717) is 19.3 Å². The molecule has 4 bridgehead atoms. The largest absolute Gasteiger partial charge is 0.459 e. The van der Waals surface area contributed by atoms with Crippen LogP contribution in [0.3, 0.4) is 0 Å². The molecule has 0 heterocycles. The number of rotatable bonds is 3. The highest BCUT2D eigenvalue weighted by Crippen LogP contribution is 2.63. The highest BCUT2D eigenvalue weighted by Gasteiger charge is 2.68. The zero-order valence-electron chi connectivity index (χ0n) is 13.3. The number of esters is 3. The third-order valence-corrected chi connectivity index (χ3v) is 5.00. The minimum atomic E-state index is -0.684. The minimum Gasteiger partial charge on any atom is -0.459 e. The van der Waals surface area contributed by atoms with Gasteiger partial charge in [0.1, 0.15) is 16.8 Å². The molecule has 0 aromatic heterocycles. The van der Waals surface area contributed by atoms with Crippen molar-refractivity contribution in [3.8, 4) is 0 Å². The van der Waals surface area contributed by atoms with Gasteiger partial charge in [0.15, 0.2) is 0 Å². The van der Waals surface area contributed by atoms with E-state index in [4.69, 9.17) is 14.2 Å². The van der Waals surface area contributed by atoms with Crippen LogP contribution in [0.5, 0.6) is 0 Å². The maximum atomic E-state index is 11.5. The molecule has 0 spiro atoms. The van der Waals surface area contributed by atoms with Crippen molar-refractivity contribution in [3.05, 3.63) is 0 Å². The molecule has 0 aliphatic heterocycles. The predicted molar refractivity (Wildman–Crippen MR) is 74.7 cm³/mol. The van der Waals surface area contributed by atoms with Crippen LogP contribution < -0.4 is 0 Å². The quantitative estimate of drug-likeness (QED) is 0.585. The summed E-state index contributed by atoms with van der Waals surface area (Å²) in [6.07, 6.45) is 3.74. The van der Waals surface area contributed by atoms with Crippen LogP contribution in [0.4, 0.5) is 0 Å². The van der Waals surface area contributed by atoms with Crippen molar-refractivity contribution in [2.45, 2.75) is 76.1 Å². The van der Waals surface area contributed by atoms with Gasteiger partial charge in [-0.3, -0.25) is 14.4 Å². The number of carbonyl (C=O) groups excluding carboxylic acids is 3. The van der Waals surface area contributed by atoms with Gasteiger partial charge in [-0.15, -0.1) is 0 Å². The van der Waals surface area contributed by atoms with E-state index < -0.39 is 16.8 Å². The molecule has 0 radical (unpaired) electrons. The second-order valence-electron chi connectivity index (χ2n) is 7.34. The molecular formula is C16H22O6. The molecule has 0 unspecified atom stereocenters. The maximum absolute atomic E-state index is 11.5. The lowest BCUT2D eigenvalue weighted by Crippen LogP contribution is -2.68. The first-order valence-electron chi connectivity index (χ1n) is 7.74. The average Bonchev–Trinajstić information content (AvgIpc) is 2.19.